The Hall–Kier alpha value is -2.55. The van der Waals surface area contributed by atoms with Crippen LogP contribution >= 0.6 is 0 Å². The summed E-state index contributed by atoms with van der Waals surface area (Å²) in [5, 5.41) is 0. The van der Waals surface area contributed by atoms with Crippen LogP contribution in [0.1, 0.15) is 54.9 Å². The maximum absolute atomic E-state index is 6.01. The van der Waals surface area contributed by atoms with Crippen LogP contribution in [0.3, 0.4) is 0 Å². The number of hydrogen-bond donors (Lipinski definition) is 0. The number of unbranched alkanes of at least 4 members (excludes halogenated alkanes) is 2. The average Bonchev–Trinajstić information content (AvgIpc) is 2.71. The summed E-state index contributed by atoms with van der Waals surface area (Å²) >= 11 is 0. The molecule has 0 spiro atoms. The molecule has 2 aromatic carbocycles. The van der Waals surface area contributed by atoms with Gasteiger partial charge in [0.2, 0.25) is 6.34 Å². The second kappa shape index (κ2) is 11.0. The Morgan fingerprint density at radius 2 is 1.80 bits per heavy atom. The molecule has 3 rings (SSSR count). The minimum Gasteiger partial charge on any atom is -0.493 e. The molecule has 0 radical (unpaired) electrons. The van der Waals surface area contributed by atoms with Crippen molar-refractivity contribution in [3.05, 3.63) is 64.7 Å². The van der Waals surface area contributed by atoms with Crippen molar-refractivity contribution in [2.24, 2.45) is 0 Å². The van der Waals surface area contributed by atoms with E-state index in [1.807, 2.05) is 13.0 Å². The number of aryl methyl sites for hydroxylation is 3. The molecule has 2 aromatic rings. The minimum absolute atomic E-state index is 0.784. The number of ether oxygens (including phenoxy) is 1. The summed E-state index contributed by atoms with van der Waals surface area (Å²) < 4.78 is 8.50. The predicted molar refractivity (Wildman–Crippen MR) is 129 cm³/mol. The average molecular weight is 406 g/mol. The number of hydrogen-bond acceptors (Lipinski definition) is 2. The zero-order chi connectivity index (χ0) is 21.3. The molecule has 1 heterocycles. The standard InChI is InChI=1S/C27H37N2O/c1-5-12-25-13-7-8-14-26(25)30-18-10-6-9-15-28-16-11-17-29(21-28)27-23(3)19-22(2)20-24(27)4/h5,7-8,12-14,19-21H,6,9-11,15-18H2,1-4H3/q+1/b12-5-. The van der Waals surface area contributed by atoms with Crippen LogP contribution in [0.4, 0.5) is 5.69 Å². The molecule has 0 N–H and O–H groups in total. The Morgan fingerprint density at radius 1 is 1.03 bits per heavy atom. The van der Waals surface area contributed by atoms with Crippen molar-refractivity contribution in [3.8, 4) is 5.75 Å². The molecule has 0 bridgehead atoms. The second-order valence-electron chi connectivity index (χ2n) is 8.39. The van der Waals surface area contributed by atoms with Crippen LogP contribution in [0.25, 0.3) is 6.08 Å². The van der Waals surface area contributed by atoms with E-state index in [1.54, 1.807) is 0 Å². The highest BCUT2D eigenvalue weighted by Gasteiger charge is 2.22. The van der Waals surface area contributed by atoms with Gasteiger partial charge in [-0.3, -0.25) is 4.58 Å². The van der Waals surface area contributed by atoms with E-state index in [0.717, 1.165) is 44.0 Å². The van der Waals surface area contributed by atoms with Crippen molar-refractivity contribution < 1.29 is 9.31 Å². The fraction of sp³-hybridized carbons (Fsp3) is 0.444. The van der Waals surface area contributed by atoms with Crippen molar-refractivity contribution >= 4 is 18.1 Å². The van der Waals surface area contributed by atoms with E-state index in [4.69, 9.17) is 4.74 Å². The van der Waals surface area contributed by atoms with E-state index in [-0.39, 0.29) is 0 Å². The molecule has 30 heavy (non-hydrogen) atoms. The molecule has 0 unspecified atom stereocenters. The Morgan fingerprint density at radius 3 is 2.57 bits per heavy atom. The largest absolute Gasteiger partial charge is 0.493 e. The first-order valence-electron chi connectivity index (χ1n) is 11.4. The van der Waals surface area contributed by atoms with Gasteiger partial charge in [-0.15, -0.1) is 0 Å². The third-order valence-electron chi connectivity index (χ3n) is 5.68. The number of rotatable bonds is 9. The van der Waals surface area contributed by atoms with Gasteiger partial charge in [0, 0.05) is 12.0 Å². The fourth-order valence-corrected chi connectivity index (χ4v) is 4.43. The lowest BCUT2D eigenvalue weighted by Crippen LogP contribution is -2.37. The molecule has 0 fully saturated rings. The lowest BCUT2D eigenvalue weighted by molar-refractivity contribution is -0.527. The number of para-hydroxylation sites is 1. The molecule has 0 saturated carbocycles. The van der Waals surface area contributed by atoms with Crippen LogP contribution in [0, 0.1) is 20.8 Å². The fourth-order valence-electron chi connectivity index (χ4n) is 4.43. The predicted octanol–water partition coefficient (Wildman–Crippen LogP) is 6.15. The van der Waals surface area contributed by atoms with Gasteiger partial charge in [-0.2, -0.15) is 0 Å². The van der Waals surface area contributed by atoms with E-state index in [0.29, 0.717) is 0 Å². The lowest BCUT2D eigenvalue weighted by Gasteiger charge is -2.23. The van der Waals surface area contributed by atoms with Gasteiger partial charge >= 0.3 is 0 Å². The Kier molecular flexibility index (Phi) is 8.12. The maximum Gasteiger partial charge on any atom is 0.239 e. The van der Waals surface area contributed by atoms with Gasteiger partial charge in [0.15, 0.2) is 0 Å². The third kappa shape index (κ3) is 5.98. The first-order valence-corrected chi connectivity index (χ1v) is 11.4. The Labute approximate surface area is 182 Å². The van der Waals surface area contributed by atoms with E-state index < -0.39 is 0 Å². The van der Waals surface area contributed by atoms with Crippen LogP contribution in [-0.2, 0) is 0 Å². The first kappa shape index (κ1) is 22.1. The van der Waals surface area contributed by atoms with Crippen LogP contribution in [-0.4, -0.2) is 37.2 Å². The van der Waals surface area contributed by atoms with Gasteiger partial charge < -0.3 is 4.74 Å². The van der Waals surface area contributed by atoms with Gasteiger partial charge in [-0.1, -0.05) is 48.0 Å². The maximum atomic E-state index is 6.01. The Balaban J connectivity index is 1.46. The van der Waals surface area contributed by atoms with Crippen molar-refractivity contribution in [1.29, 1.82) is 0 Å². The van der Waals surface area contributed by atoms with Crippen molar-refractivity contribution in [2.45, 2.75) is 53.4 Å². The number of anilines is 1. The summed E-state index contributed by atoms with van der Waals surface area (Å²) in [4.78, 5) is 2.45. The molecule has 1 aliphatic rings. The molecule has 3 heteroatoms. The SMILES string of the molecule is C/C=C\c1ccccc1OCCCCC[N+]1=CN(c2c(C)cc(C)cc2C)CCC1. The topological polar surface area (TPSA) is 15.5 Å². The summed E-state index contributed by atoms with van der Waals surface area (Å²) in [6.45, 7) is 12.9. The van der Waals surface area contributed by atoms with Crippen molar-refractivity contribution in [3.63, 3.8) is 0 Å². The molecule has 3 nitrogen and oxygen atoms in total. The summed E-state index contributed by atoms with van der Waals surface area (Å²) in [5.74, 6) is 0.986. The normalized spacial score (nSPS) is 14.3. The summed E-state index contributed by atoms with van der Waals surface area (Å²) in [6, 6.07) is 12.8. The monoisotopic (exact) mass is 405 g/mol. The molecule has 160 valence electrons. The van der Waals surface area contributed by atoms with Gasteiger partial charge in [0.1, 0.15) is 11.4 Å². The van der Waals surface area contributed by atoms with E-state index in [9.17, 15) is 0 Å². The number of benzene rings is 2. The van der Waals surface area contributed by atoms with Gasteiger partial charge in [0.05, 0.1) is 26.2 Å². The zero-order valence-electron chi connectivity index (χ0n) is 19.2. The van der Waals surface area contributed by atoms with Crippen molar-refractivity contribution in [1.82, 2.24) is 0 Å². The highest BCUT2D eigenvalue weighted by atomic mass is 16.5. The zero-order valence-corrected chi connectivity index (χ0v) is 19.2. The van der Waals surface area contributed by atoms with Crippen LogP contribution in [0.15, 0.2) is 42.5 Å². The van der Waals surface area contributed by atoms with E-state index in [2.05, 4.69) is 79.1 Å². The van der Waals surface area contributed by atoms with Crippen LogP contribution in [0.2, 0.25) is 0 Å². The summed E-state index contributed by atoms with van der Waals surface area (Å²) in [5.41, 5.74) is 6.64. The molecule has 0 amide bonds. The van der Waals surface area contributed by atoms with Gasteiger partial charge in [0.25, 0.3) is 0 Å². The van der Waals surface area contributed by atoms with Crippen LogP contribution < -0.4 is 9.64 Å². The molecular weight excluding hydrogens is 368 g/mol. The molecular formula is C27H37N2O+. The van der Waals surface area contributed by atoms with Crippen LogP contribution in [0.5, 0.6) is 5.75 Å². The van der Waals surface area contributed by atoms with E-state index >= 15 is 0 Å². The highest BCUT2D eigenvalue weighted by molar-refractivity contribution is 5.80. The minimum atomic E-state index is 0.784. The molecule has 0 atom stereocenters. The summed E-state index contributed by atoms with van der Waals surface area (Å²) in [6.07, 6.45) is 11.2. The third-order valence-corrected chi connectivity index (χ3v) is 5.68. The van der Waals surface area contributed by atoms with Gasteiger partial charge in [-0.05, 0) is 64.2 Å². The number of allylic oxidation sites excluding steroid dienone is 1. The quantitative estimate of drug-likeness (QED) is 0.367. The van der Waals surface area contributed by atoms with Gasteiger partial charge in [-0.25, -0.2) is 4.90 Å². The second-order valence-corrected chi connectivity index (χ2v) is 8.39. The lowest BCUT2D eigenvalue weighted by atomic mass is 10.0. The highest BCUT2D eigenvalue weighted by Crippen LogP contribution is 2.26. The smallest absolute Gasteiger partial charge is 0.239 e. The summed E-state index contributed by atoms with van der Waals surface area (Å²) in [7, 11) is 0. The molecule has 1 aliphatic heterocycles. The Bertz CT molecular complexity index is 874. The van der Waals surface area contributed by atoms with E-state index in [1.165, 1.54) is 41.6 Å². The van der Waals surface area contributed by atoms with Crippen molar-refractivity contribution in [2.75, 3.05) is 31.1 Å². The molecule has 0 aliphatic carbocycles. The number of nitrogens with zero attached hydrogens (tertiary/aromatic N) is 2. The molecule has 0 aromatic heterocycles. The first-order chi connectivity index (χ1) is 14.6. The molecule has 0 saturated heterocycles.